The Hall–Kier alpha value is -1.38. The number of aromatic nitrogens is 1. The molecule has 164 valence electrons. The Morgan fingerprint density at radius 3 is 2.72 bits per heavy atom. The number of halogens is 1. The number of carbonyl (C=O) groups excluding carboxylic acids is 1. The SMILES string of the molecule is CCNC(=NCC(=O)N(C)CCc1ccccn1)NCCCCC1CCCC1.I. The lowest BCUT2D eigenvalue weighted by molar-refractivity contribution is -0.128. The fourth-order valence-corrected chi connectivity index (χ4v) is 3.63. The van der Waals surface area contributed by atoms with Gasteiger partial charge in [-0.2, -0.15) is 0 Å². The van der Waals surface area contributed by atoms with E-state index < -0.39 is 0 Å². The zero-order chi connectivity index (χ0) is 20.0. The van der Waals surface area contributed by atoms with Gasteiger partial charge in [0.15, 0.2) is 5.96 Å². The van der Waals surface area contributed by atoms with E-state index in [1.54, 1.807) is 11.1 Å². The highest BCUT2D eigenvalue weighted by molar-refractivity contribution is 14.0. The van der Waals surface area contributed by atoms with E-state index in [9.17, 15) is 4.79 Å². The number of guanidine groups is 1. The summed E-state index contributed by atoms with van der Waals surface area (Å²) >= 11 is 0. The van der Waals surface area contributed by atoms with Crippen molar-refractivity contribution < 1.29 is 4.79 Å². The number of likely N-dealkylation sites (N-methyl/N-ethyl adjacent to an activating group) is 1. The zero-order valence-corrected chi connectivity index (χ0v) is 20.4. The predicted octanol–water partition coefficient (Wildman–Crippen LogP) is 3.62. The van der Waals surface area contributed by atoms with Crippen LogP contribution in [0, 0.1) is 5.92 Å². The molecule has 0 bridgehead atoms. The first kappa shape index (κ1) is 25.7. The van der Waals surface area contributed by atoms with Crippen LogP contribution in [0.2, 0.25) is 0 Å². The van der Waals surface area contributed by atoms with Crippen molar-refractivity contribution in [3.8, 4) is 0 Å². The van der Waals surface area contributed by atoms with E-state index in [2.05, 4.69) is 20.6 Å². The van der Waals surface area contributed by atoms with E-state index >= 15 is 0 Å². The molecule has 0 spiro atoms. The van der Waals surface area contributed by atoms with Gasteiger partial charge in [-0.25, -0.2) is 4.99 Å². The van der Waals surface area contributed by atoms with Crippen molar-refractivity contribution in [1.82, 2.24) is 20.5 Å². The van der Waals surface area contributed by atoms with Gasteiger partial charge in [0.2, 0.25) is 5.91 Å². The first-order chi connectivity index (χ1) is 13.7. The topological polar surface area (TPSA) is 69.6 Å². The molecule has 0 aromatic carbocycles. The number of pyridine rings is 1. The highest BCUT2D eigenvalue weighted by Gasteiger charge is 2.14. The summed E-state index contributed by atoms with van der Waals surface area (Å²) in [6.07, 6.45) is 12.0. The van der Waals surface area contributed by atoms with E-state index in [1.807, 2.05) is 32.2 Å². The summed E-state index contributed by atoms with van der Waals surface area (Å²) < 4.78 is 0. The summed E-state index contributed by atoms with van der Waals surface area (Å²) in [5.41, 5.74) is 0.998. The monoisotopic (exact) mass is 515 g/mol. The molecule has 0 radical (unpaired) electrons. The van der Waals surface area contributed by atoms with Crippen LogP contribution in [0.15, 0.2) is 29.4 Å². The van der Waals surface area contributed by atoms with Crippen molar-refractivity contribution >= 4 is 35.8 Å². The Morgan fingerprint density at radius 2 is 2.03 bits per heavy atom. The number of nitrogens with zero attached hydrogens (tertiary/aromatic N) is 3. The third kappa shape index (κ3) is 10.8. The summed E-state index contributed by atoms with van der Waals surface area (Å²) in [7, 11) is 1.82. The van der Waals surface area contributed by atoms with Crippen LogP contribution >= 0.6 is 24.0 Å². The second kappa shape index (κ2) is 15.5. The number of nitrogens with one attached hydrogen (secondary N) is 2. The standard InChI is InChI=1S/C22H37N5O.HI/c1-3-23-22(25-16-8-6-12-19-10-4-5-11-19)26-18-21(28)27(2)17-14-20-13-7-9-15-24-20;/h7,9,13,15,19H,3-6,8,10-12,14,16-18H2,1-2H3,(H2,23,25,26);1H. The van der Waals surface area contributed by atoms with Crippen molar-refractivity contribution in [3.05, 3.63) is 30.1 Å². The molecule has 0 aliphatic heterocycles. The number of unbranched alkanes of at least 4 members (excludes halogenated alkanes) is 1. The maximum absolute atomic E-state index is 12.3. The fraction of sp³-hybridized carbons (Fsp3) is 0.682. The minimum absolute atomic E-state index is 0. The van der Waals surface area contributed by atoms with Crippen LogP contribution in [-0.4, -0.2) is 55.0 Å². The molecule has 0 unspecified atom stereocenters. The third-order valence-corrected chi connectivity index (χ3v) is 5.38. The van der Waals surface area contributed by atoms with E-state index in [0.29, 0.717) is 6.54 Å². The molecular weight excluding hydrogens is 477 g/mol. The van der Waals surface area contributed by atoms with E-state index in [-0.39, 0.29) is 36.4 Å². The summed E-state index contributed by atoms with van der Waals surface area (Å²) in [5.74, 6) is 1.71. The maximum atomic E-state index is 12.3. The van der Waals surface area contributed by atoms with Crippen LogP contribution in [0.4, 0.5) is 0 Å². The number of amides is 1. The lowest BCUT2D eigenvalue weighted by Gasteiger charge is -2.17. The van der Waals surface area contributed by atoms with Crippen LogP contribution in [0.5, 0.6) is 0 Å². The van der Waals surface area contributed by atoms with Crippen molar-refractivity contribution in [2.24, 2.45) is 10.9 Å². The number of aliphatic imine (C=N–C) groups is 1. The van der Waals surface area contributed by atoms with E-state index in [1.165, 1.54) is 38.5 Å². The van der Waals surface area contributed by atoms with E-state index in [0.717, 1.165) is 43.5 Å². The summed E-state index contributed by atoms with van der Waals surface area (Å²) in [5, 5.41) is 6.58. The molecule has 0 atom stereocenters. The average molecular weight is 515 g/mol. The van der Waals surface area contributed by atoms with E-state index in [4.69, 9.17) is 0 Å². The van der Waals surface area contributed by atoms with Gasteiger partial charge < -0.3 is 15.5 Å². The van der Waals surface area contributed by atoms with Gasteiger partial charge in [-0.15, -0.1) is 24.0 Å². The molecule has 2 rings (SSSR count). The Morgan fingerprint density at radius 1 is 1.24 bits per heavy atom. The fourth-order valence-electron chi connectivity index (χ4n) is 3.63. The largest absolute Gasteiger partial charge is 0.357 e. The smallest absolute Gasteiger partial charge is 0.244 e. The molecule has 1 aromatic heterocycles. The van der Waals surface area contributed by atoms with Crippen molar-refractivity contribution in [2.45, 2.75) is 58.3 Å². The van der Waals surface area contributed by atoms with Crippen LogP contribution in [-0.2, 0) is 11.2 Å². The van der Waals surface area contributed by atoms with Gasteiger partial charge in [0, 0.05) is 45.0 Å². The van der Waals surface area contributed by atoms with Crippen molar-refractivity contribution in [3.63, 3.8) is 0 Å². The highest BCUT2D eigenvalue weighted by atomic mass is 127. The van der Waals surface area contributed by atoms with Crippen LogP contribution < -0.4 is 10.6 Å². The van der Waals surface area contributed by atoms with Gasteiger partial charge in [-0.3, -0.25) is 9.78 Å². The summed E-state index contributed by atoms with van der Waals surface area (Å²) in [6, 6.07) is 5.85. The van der Waals surface area contributed by atoms with Crippen molar-refractivity contribution in [1.29, 1.82) is 0 Å². The molecular formula is C22H38IN5O. The normalized spacial score (nSPS) is 14.3. The number of hydrogen-bond donors (Lipinski definition) is 2. The minimum atomic E-state index is 0. The van der Waals surface area contributed by atoms with Gasteiger partial charge in [0.25, 0.3) is 0 Å². The Labute approximate surface area is 193 Å². The average Bonchev–Trinajstić information content (AvgIpc) is 3.24. The van der Waals surface area contributed by atoms with Gasteiger partial charge in [-0.1, -0.05) is 44.6 Å². The van der Waals surface area contributed by atoms with Gasteiger partial charge in [0.1, 0.15) is 6.54 Å². The molecule has 1 aliphatic carbocycles. The molecule has 1 amide bonds. The van der Waals surface area contributed by atoms with Crippen LogP contribution in [0.25, 0.3) is 0 Å². The quantitative estimate of drug-likeness (QED) is 0.205. The molecule has 1 aromatic rings. The van der Waals surface area contributed by atoms with Crippen molar-refractivity contribution in [2.75, 3.05) is 33.2 Å². The summed E-state index contributed by atoms with van der Waals surface area (Å²) in [4.78, 5) is 22.8. The molecule has 29 heavy (non-hydrogen) atoms. The van der Waals surface area contributed by atoms with Gasteiger partial charge in [0.05, 0.1) is 0 Å². The molecule has 2 N–H and O–H groups in total. The zero-order valence-electron chi connectivity index (χ0n) is 18.0. The molecule has 1 aliphatic rings. The van der Waals surface area contributed by atoms with Crippen LogP contribution in [0.1, 0.15) is 57.6 Å². The molecule has 1 saturated carbocycles. The number of carbonyl (C=O) groups is 1. The Kier molecular flexibility index (Phi) is 13.7. The third-order valence-electron chi connectivity index (χ3n) is 5.38. The molecule has 0 saturated heterocycles. The second-order valence-corrected chi connectivity index (χ2v) is 7.65. The first-order valence-electron chi connectivity index (χ1n) is 10.8. The number of rotatable bonds is 11. The lowest BCUT2D eigenvalue weighted by atomic mass is 10.0. The highest BCUT2D eigenvalue weighted by Crippen LogP contribution is 2.28. The second-order valence-electron chi connectivity index (χ2n) is 7.65. The Balaban J connectivity index is 0.00000420. The van der Waals surface area contributed by atoms with Gasteiger partial charge >= 0.3 is 0 Å². The number of hydrogen-bond acceptors (Lipinski definition) is 3. The first-order valence-corrected chi connectivity index (χ1v) is 10.8. The predicted molar refractivity (Wildman–Crippen MR) is 131 cm³/mol. The van der Waals surface area contributed by atoms with Gasteiger partial charge in [-0.05, 0) is 31.4 Å². The minimum Gasteiger partial charge on any atom is -0.357 e. The molecule has 1 heterocycles. The summed E-state index contributed by atoms with van der Waals surface area (Å²) in [6.45, 7) is 4.55. The molecule has 7 heteroatoms. The van der Waals surface area contributed by atoms with Crippen LogP contribution in [0.3, 0.4) is 0 Å². The maximum Gasteiger partial charge on any atom is 0.244 e. The molecule has 1 fully saturated rings. The Bertz CT molecular complexity index is 590. The molecule has 6 nitrogen and oxygen atoms in total. The lowest BCUT2D eigenvalue weighted by Crippen LogP contribution is -2.39.